The van der Waals surface area contributed by atoms with E-state index >= 15 is 0 Å². The molecule has 7 heteroatoms. The minimum atomic E-state index is -4.68. The van der Waals surface area contributed by atoms with E-state index in [0.717, 1.165) is 23.3 Å². The van der Waals surface area contributed by atoms with Gasteiger partial charge in [0.05, 0.1) is 17.2 Å². The molecule has 0 bridgehead atoms. The number of alkyl halides is 3. The zero-order valence-corrected chi connectivity index (χ0v) is 16.3. The van der Waals surface area contributed by atoms with Gasteiger partial charge in [0.2, 0.25) is 0 Å². The summed E-state index contributed by atoms with van der Waals surface area (Å²) in [6.45, 7) is 4.24. The van der Waals surface area contributed by atoms with Gasteiger partial charge in [-0.1, -0.05) is 43.2 Å². The van der Waals surface area contributed by atoms with E-state index in [0.29, 0.717) is 25.8 Å². The van der Waals surface area contributed by atoms with Crippen LogP contribution in [0.2, 0.25) is 0 Å². The van der Waals surface area contributed by atoms with Crippen LogP contribution < -0.4 is 10.1 Å². The molecule has 2 aromatic carbocycles. The average Bonchev–Trinajstić information content (AvgIpc) is 2.68. The molecule has 2 aromatic rings. The zero-order valence-electron chi connectivity index (χ0n) is 16.3. The Morgan fingerprint density at radius 2 is 1.90 bits per heavy atom. The lowest BCUT2D eigenvalue weighted by Crippen LogP contribution is -2.39. The highest BCUT2D eigenvalue weighted by Crippen LogP contribution is 2.34. The number of nitrogens with zero attached hydrogens (tertiary/aromatic N) is 1. The second-order valence-corrected chi connectivity index (χ2v) is 6.74. The fraction of sp³-hybridized carbons (Fsp3) is 0.364. The number of nitriles is 1. The Balaban J connectivity index is 2.04. The van der Waals surface area contributed by atoms with Crippen LogP contribution in [0.25, 0.3) is 0 Å². The highest BCUT2D eigenvalue weighted by molar-refractivity contribution is 5.81. The van der Waals surface area contributed by atoms with Gasteiger partial charge in [0.15, 0.2) is 6.10 Å². The minimum Gasteiger partial charge on any atom is -0.481 e. The maximum Gasteiger partial charge on any atom is 0.417 e. The van der Waals surface area contributed by atoms with Gasteiger partial charge in [-0.25, -0.2) is 0 Å². The molecule has 4 nitrogen and oxygen atoms in total. The molecule has 0 aliphatic rings. The summed E-state index contributed by atoms with van der Waals surface area (Å²) in [5.74, 6) is -0.472. The topological polar surface area (TPSA) is 62.1 Å². The van der Waals surface area contributed by atoms with Crippen LogP contribution in [0.15, 0.2) is 42.5 Å². The first-order valence-electron chi connectivity index (χ1n) is 9.36. The standard InChI is InChI=1S/C22H23F3N2O2/c1-3-4-20(21(28)27-12-11-16-7-5-15(2)6-8-16)29-18-10-9-17(14-26)19(13-18)22(23,24)25/h5-10,13,20H,3-4,11-12H2,1-2H3,(H,27,28). The van der Waals surface area contributed by atoms with Crippen molar-refractivity contribution in [3.05, 3.63) is 64.7 Å². The summed E-state index contributed by atoms with van der Waals surface area (Å²) in [6, 6.07) is 12.6. The molecular formula is C22H23F3N2O2. The van der Waals surface area contributed by atoms with Crippen molar-refractivity contribution in [2.45, 2.75) is 45.4 Å². The van der Waals surface area contributed by atoms with Crippen LogP contribution >= 0.6 is 0 Å². The number of aryl methyl sites for hydroxylation is 1. The van der Waals surface area contributed by atoms with Crippen molar-refractivity contribution in [2.75, 3.05) is 6.54 Å². The minimum absolute atomic E-state index is 0.0940. The van der Waals surface area contributed by atoms with Gasteiger partial charge in [-0.15, -0.1) is 0 Å². The fourth-order valence-electron chi connectivity index (χ4n) is 2.80. The normalized spacial score (nSPS) is 12.1. The maximum atomic E-state index is 13.1. The second-order valence-electron chi connectivity index (χ2n) is 6.74. The first kappa shape index (κ1) is 22.3. The van der Waals surface area contributed by atoms with E-state index in [4.69, 9.17) is 10.00 Å². The Labute approximate surface area is 168 Å². The van der Waals surface area contributed by atoms with E-state index in [1.54, 1.807) is 0 Å². The Hall–Kier alpha value is -3.01. The molecule has 0 fully saturated rings. The van der Waals surface area contributed by atoms with E-state index in [9.17, 15) is 18.0 Å². The number of halogens is 3. The zero-order chi connectivity index (χ0) is 21.4. The van der Waals surface area contributed by atoms with Crippen molar-refractivity contribution in [3.8, 4) is 11.8 Å². The summed E-state index contributed by atoms with van der Waals surface area (Å²) in [5, 5.41) is 11.7. The highest BCUT2D eigenvalue weighted by atomic mass is 19.4. The third-order valence-corrected chi connectivity index (χ3v) is 4.37. The second kappa shape index (κ2) is 9.97. The average molecular weight is 404 g/mol. The van der Waals surface area contributed by atoms with Crippen LogP contribution in [-0.4, -0.2) is 18.6 Å². The van der Waals surface area contributed by atoms with E-state index in [2.05, 4.69) is 5.32 Å². The molecular weight excluding hydrogens is 381 g/mol. The van der Waals surface area contributed by atoms with Gasteiger partial charge in [-0.05, 0) is 43.5 Å². The van der Waals surface area contributed by atoms with E-state index in [1.165, 1.54) is 12.1 Å². The molecule has 1 atom stereocenters. The SMILES string of the molecule is CCCC(Oc1ccc(C#N)c(C(F)(F)F)c1)C(=O)NCCc1ccc(C)cc1. The molecule has 0 aliphatic heterocycles. The monoisotopic (exact) mass is 404 g/mol. The van der Waals surface area contributed by atoms with Gasteiger partial charge in [0.25, 0.3) is 5.91 Å². The van der Waals surface area contributed by atoms with Crippen LogP contribution in [0.3, 0.4) is 0 Å². The molecule has 0 saturated heterocycles. The molecule has 0 radical (unpaired) electrons. The summed E-state index contributed by atoms with van der Waals surface area (Å²) in [4.78, 5) is 12.5. The lowest BCUT2D eigenvalue weighted by molar-refractivity contribution is -0.137. The third-order valence-electron chi connectivity index (χ3n) is 4.37. The van der Waals surface area contributed by atoms with Crippen molar-refractivity contribution < 1.29 is 22.7 Å². The molecule has 1 N–H and O–H groups in total. The number of ether oxygens (including phenoxy) is 1. The Morgan fingerprint density at radius 1 is 1.21 bits per heavy atom. The molecule has 0 saturated carbocycles. The number of hydrogen-bond acceptors (Lipinski definition) is 3. The van der Waals surface area contributed by atoms with Crippen LogP contribution in [0, 0.1) is 18.3 Å². The first-order valence-corrected chi connectivity index (χ1v) is 9.36. The number of benzene rings is 2. The van der Waals surface area contributed by atoms with E-state index in [1.807, 2.05) is 38.1 Å². The van der Waals surface area contributed by atoms with Crippen molar-refractivity contribution in [1.82, 2.24) is 5.32 Å². The maximum absolute atomic E-state index is 13.1. The fourth-order valence-corrected chi connectivity index (χ4v) is 2.80. The number of amides is 1. The van der Waals surface area contributed by atoms with Gasteiger partial charge in [0.1, 0.15) is 5.75 Å². The van der Waals surface area contributed by atoms with Gasteiger partial charge in [-0.2, -0.15) is 18.4 Å². The number of nitrogens with one attached hydrogen (secondary N) is 1. The van der Waals surface area contributed by atoms with Crippen molar-refractivity contribution in [2.24, 2.45) is 0 Å². The molecule has 0 aromatic heterocycles. The molecule has 1 amide bonds. The quantitative estimate of drug-likeness (QED) is 0.688. The first-order chi connectivity index (χ1) is 13.7. The lowest BCUT2D eigenvalue weighted by atomic mass is 10.1. The number of carbonyl (C=O) groups excluding carboxylic acids is 1. The highest BCUT2D eigenvalue weighted by Gasteiger charge is 2.34. The van der Waals surface area contributed by atoms with Crippen LogP contribution in [0.5, 0.6) is 5.75 Å². The molecule has 0 spiro atoms. The summed E-state index contributed by atoms with van der Waals surface area (Å²) in [6.07, 6.45) is -3.97. The summed E-state index contributed by atoms with van der Waals surface area (Å²) in [5.41, 5.74) is 0.660. The Bertz CT molecular complexity index is 871. The largest absolute Gasteiger partial charge is 0.481 e. The van der Waals surface area contributed by atoms with Crippen molar-refractivity contribution >= 4 is 5.91 Å². The predicted molar refractivity (Wildman–Crippen MR) is 103 cm³/mol. The van der Waals surface area contributed by atoms with Gasteiger partial charge in [-0.3, -0.25) is 4.79 Å². The molecule has 0 aliphatic carbocycles. The lowest BCUT2D eigenvalue weighted by Gasteiger charge is -2.19. The smallest absolute Gasteiger partial charge is 0.417 e. The molecule has 1 unspecified atom stereocenters. The van der Waals surface area contributed by atoms with Crippen molar-refractivity contribution in [1.29, 1.82) is 5.26 Å². The Kier molecular flexibility index (Phi) is 7.66. The Morgan fingerprint density at radius 3 is 2.48 bits per heavy atom. The van der Waals surface area contributed by atoms with Crippen molar-refractivity contribution in [3.63, 3.8) is 0 Å². The number of carbonyl (C=O) groups is 1. The molecule has 2 rings (SSSR count). The van der Waals surface area contributed by atoms with Crippen LogP contribution in [0.1, 0.15) is 42.0 Å². The summed E-state index contributed by atoms with van der Waals surface area (Å²) >= 11 is 0. The van der Waals surface area contributed by atoms with Gasteiger partial charge < -0.3 is 10.1 Å². The van der Waals surface area contributed by atoms with Gasteiger partial charge in [0, 0.05) is 6.54 Å². The predicted octanol–water partition coefficient (Wildman–Crippen LogP) is 4.79. The molecule has 0 heterocycles. The number of rotatable bonds is 8. The van der Waals surface area contributed by atoms with Crippen LogP contribution in [0.4, 0.5) is 13.2 Å². The molecule has 154 valence electrons. The van der Waals surface area contributed by atoms with Gasteiger partial charge >= 0.3 is 6.18 Å². The van der Waals surface area contributed by atoms with E-state index < -0.39 is 23.4 Å². The summed E-state index contributed by atoms with van der Waals surface area (Å²) < 4.78 is 44.9. The van der Waals surface area contributed by atoms with E-state index in [-0.39, 0.29) is 11.7 Å². The molecule has 29 heavy (non-hydrogen) atoms. The summed E-state index contributed by atoms with van der Waals surface area (Å²) in [7, 11) is 0. The van der Waals surface area contributed by atoms with Crippen LogP contribution in [-0.2, 0) is 17.4 Å². The number of hydrogen-bond donors (Lipinski definition) is 1. The third kappa shape index (κ3) is 6.53.